The van der Waals surface area contributed by atoms with Crippen molar-refractivity contribution in [2.24, 2.45) is 0 Å². The summed E-state index contributed by atoms with van der Waals surface area (Å²) in [4.78, 5) is 19.4. The molecule has 7 heteroatoms. The van der Waals surface area contributed by atoms with Gasteiger partial charge in [-0.25, -0.2) is 4.98 Å². The first kappa shape index (κ1) is 19.6. The number of hydrogen-bond donors (Lipinski definition) is 2. The Morgan fingerprint density at radius 2 is 1.88 bits per heavy atom. The van der Waals surface area contributed by atoms with Crippen molar-refractivity contribution in [3.63, 3.8) is 0 Å². The highest BCUT2D eigenvalue weighted by atomic mass is 15.1. The Morgan fingerprint density at radius 1 is 0.970 bits per heavy atom. The highest BCUT2D eigenvalue weighted by Crippen LogP contribution is 2.32. The third-order valence-corrected chi connectivity index (χ3v) is 5.89. The Hall–Kier alpha value is -4.10. The highest BCUT2D eigenvalue weighted by Gasteiger charge is 2.17. The monoisotopic (exact) mass is 433 g/mol. The number of hydrogen-bond acceptors (Lipinski definition) is 5. The van der Waals surface area contributed by atoms with Gasteiger partial charge in [0.05, 0.1) is 22.7 Å². The van der Waals surface area contributed by atoms with Gasteiger partial charge in [0.25, 0.3) is 0 Å². The van der Waals surface area contributed by atoms with Crippen molar-refractivity contribution in [3.05, 3.63) is 78.4 Å². The van der Waals surface area contributed by atoms with Crippen LogP contribution in [0, 0.1) is 0 Å². The summed E-state index contributed by atoms with van der Waals surface area (Å²) in [6.45, 7) is 0.848. The number of nitrogens with one attached hydrogen (secondary N) is 2. The summed E-state index contributed by atoms with van der Waals surface area (Å²) in [6.07, 6.45) is 14.9. The van der Waals surface area contributed by atoms with Crippen LogP contribution in [0.1, 0.15) is 17.5 Å². The molecule has 2 N–H and O–H groups in total. The van der Waals surface area contributed by atoms with Crippen molar-refractivity contribution in [2.45, 2.75) is 13.0 Å². The molecule has 0 saturated carbocycles. The summed E-state index contributed by atoms with van der Waals surface area (Å²) >= 11 is 0. The minimum atomic E-state index is 0.727. The van der Waals surface area contributed by atoms with Gasteiger partial charge in [0.1, 0.15) is 5.69 Å². The summed E-state index contributed by atoms with van der Waals surface area (Å²) in [5.41, 5.74) is 9.12. The Bertz CT molecular complexity index is 1550. The molecule has 1 aliphatic rings. The number of aromatic amines is 2. The molecule has 162 valence electrons. The molecule has 5 aromatic rings. The van der Waals surface area contributed by atoms with Crippen molar-refractivity contribution >= 4 is 27.5 Å². The third-order valence-electron chi connectivity index (χ3n) is 5.89. The van der Waals surface area contributed by atoms with Crippen LogP contribution >= 0.6 is 0 Å². The molecule has 0 radical (unpaired) electrons. The molecule has 0 aliphatic heterocycles. The summed E-state index contributed by atoms with van der Waals surface area (Å²) in [7, 11) is 4.12. The zero-order valence-electron chi connectivity index (χ0n) is 18.5. The van der Waals surface area contributed by atoms with E-state index in [4.69, 9.17) is 4.98 Å². The van der Waals surface area contributed by atoms with Crippen LogP contribution in [0.15, 0.2) is 67.3 Å². The van der Waals surface area contributed by atoms with Crippen LogP contribution in [-0.4, -0.2) is 49.1 Å². The standard InChI is InChI=1S/C26H23N7/c1-33(2)15-16-9-19(12-27-11-16)18-7-8-22-20(10-18)25(32-31-22)26-29-23-14-28-13-21(24(23)30-26)17-5-3-4-6-17/h3,5-14H,4,15H2,1-2H3,(H,29,30)(H,31,32). The van der Waals surface area contributed by atoms with Gasteiger partial charge in [0, 0.05) is 41.6 Å². The largest absolute Gasteiger partial charge is 0.335 e. The molecule has 4 heterocycles. The lowest BCUT2D eigenvalue weighted by atomic mass is 10.0. The van der Waals surface area contributed by atoms with Crippen molar-refractivity contribution in [3.8, 4) is 22.6 Å². The van der Waals surface area contributed by atoms with E-state index in [-0.39, 0.29) is 0 Å². The summed E-state index contributed by atoms with van der Waals surface area (Å²) < 4.78 is 0. The fraction of sp³-hybridized carbons (Fsp3) is 0.154. The van der Waals surface area contributed by atoms with E-state index in [1.807, 2.05) is 24.8 Å². The van der Waals surface area contributed by atoms with E-state index < -0.39 is 0 Å². The van der Waals surface area contributed by atoms with Gasteiger partial charge in [-0.15, -0.1) is 0 Å². The van der Waals surface area contributed by atoms with Gasteiger partial charge in [-0.3, -0.25) is 15.1 Å². The van der Waals surface area contributed by atoms with Crippen LogP contribution in [0.4, 0.5) is 0 Å². The number of aromatic nitrogens is 6. The van der Waals surface area contributed by atoms with E-state index >= 15 is 0 Å². The number of benzene rings is 1. The summed E-state index contributed by atoms with van der Waals surface area (Å²) in [5, 5.41) is 8.75. The molecule has 7 nitrogen and oxygen atoms in total. The smallest absolute Gasteiger partial charge is 0.159 e. The second kappa shape index (κ2) is 7.79. The third kappa shape index (κ3) is 3.52. The Morgan fingerprint density at radius 3 is 2.73 bits per heavy atom. The van der Waals surface area contributed by atoms with E-state index in [0.29, 0.717) is 0 Å². The molecular weight excluding hydrogens is 410 g/mol. The molecule has 0 amide bonds. The fourth-order valence-corrected chi connectivity index (χ4v) is 4.39. The normalized spacial score (nSPS) is 13.5. The van der Waals surface area contributed by atoms with Gasteiger partial charge in [0.15, 0.2) is 5.82 Å². The average molecular weight is 434 g/mol. The van der Waals surface area contributed by atoms with E-state index in [1.54, 1.807) is 0 Å². The number of pyridine rings is 2. The van der Waals surface area contributed by atoms with Gasteiger partial charge >= 0.3 is 0 Å². The molecule has 0 saturated heterocycles. The molecule has 0 fully saturated rings. The number of fused-ring (bicyclic) bond motifs is 2. The van der Waals surface area contributed by atoms with Crippen molar-refractivity contribution in [2.75, 3.05) is 14.1 Å². The lowest BCUT2D eigenvalue weighted by Crippen LogP contribution is -2.10. The molecule has 0 atom stereocenters. The van der Waals surface area contributed by atoms with Crippen LogP contribution in [0.25, 0.3) is 50.2 Å². The molecule has 4 aromatic heterocycles. The number of nitrogens with zero attached hydrogens (tertiary/aromatic N) is 5. The predicted octanol–water partition coefficient (Wildman–Crippen LogP) is 4.97. The van der Waals surface area contributed by atoms with Crippen molar-refractivity contribution in [1.29, 1.82) is 0 Å². The first-order valence-electron chi connectivity index (χ1n) is 10.9. The number of allylic oxidation sites excluding steroid dienone is 4. The van der Waals surface area contributed by atoms with E-state index in [1.165, 1.54) is 5.56 Å². The molecule has 0 bridgehead atoms. The van der Waals surface area contributed by atoms with E-state index in [2.05, 4.69) is 86.6 Å². The van der Waals surface area contributed by atoms with E-state index in [0.717, 1.165) is 68.7 Å². The van der Waals surface area contributed by atoms with Crippen molar-refractivity contribution < 1.29 is 0 Å². The maximum atomic E-state index is 4.93. The second-order valence-corrected chi connectivity index (χ2v) is 8.62. The van der Waals surface area contributed by atoms with Gasteiger partial charge in [-0.2, -0.15) is 5.10 Å². The minimum absolute atomic E-state index is 0.727. The molecule has 1 aliphatic carbocycles. The number of H-pyrrole nitrogens is 2. The summed E-state index contributed by atoms with van der Waals surface area (Å²) in [5.74, 6) is 0.727. The summed E-state index contributed by atoms with van der Waals surface area (Å²) in [6, 6.07) is 8.50. The molecule has 1 aromatic carbocycles. The topological polar surface area (TPSA) is 86.4 Å². The second-order valence-electron chi connectivity index (χ2n) is 8.62. The Kier molecular flexibility index (Phi) is 4.62. The predicted molar refractivity (Wildman–Crippen MR) is 131 cm³/mol. The van der Waals surface area contributed by atoms with Crippen molar-refractivity contribution in [1.82, 2.24) is 35.0 Å². The Balaban J connectivity index is 1.45. The fourth-order valence-electron chi connectivity index (χ4n) is 4.39. The quantitative estimate of drug-likeness (QED) is 0.409. The zero-order valence-corrected chi connectivity index (χ0v) is 18.5. The molecule has 6 rings (SSSR count). The van der Waals surface area contributed by atoms with Crippen LogP contribution < -0.4 is 0 Å². The van der Waals surface area contributed by atoms with Gasteiger partial charge in [-0.05, 0) is 55.4 Å². The molecule has 0 unspecified atom stereocenters. The molecule has 33 heavy (non-hydrogen) atoms. The maximum Gasteiger partial charge on any atom is 0.159 e. The number of rotatable bonds is 5. The first-order chi connectivity index (χ1) is 16.2. The molecular formula is C26H23N7. The average Bonchev–Trinajstić information content (AvgIpc) is 3.57. The number of imidazole rings is 1. The minimum Gasteiger partial charge on any atom is -0.335 e. The maximum absolute atomic E-state index is 4.93. The van der Waals surface area contributed by atoms with Crippen LogP contribution in [-0.2, 0) is 6.54 Å². The Labute approximate surface area is 190 Å². The lowest BCUT2D eigenvalue weighted by molar-refractivity contribution is 0.402. The van der Waals surface area contributed by atoms with Crippen LogP contribution in [0.5, 0.6) is 0 Å². The lowest BCUT2D eigenvalue weighted by Gasteiger charge is -2.10. The van der Waals surface area contributed by atoms with Crippen LogP contribution in [0.3, 0.4) is 0 Å². The SMILES string of the molecule is CN(C)Cc1cncc(-c2ccc3[nH]nc(-c4nc5c(C6=CCC=C6)cncc5[nH]4)c3c2)c1. The molecule has 0 spiro atoms. The van der Waals surface area contributed by atoms with E-state index in [9.17, 15) is 0 Å². The van der Waals surface area contributed by atoms with Gasteiger partial charge in [0.2, 0.25) is 0 Å². The van der Waals surface area contributed by atoms with Gasteiger partial charge < -0.3 is 9.88 Å². The van der Waals surface area contributed by atoms with Crippen LogP contribution in [0.2, 0.25) is 0 Å². The highest BCUT2D eigenvalue weighted by molar-refractivity contribution is 5.98. The van der Waals surface area contributed by atoms with Gasteiger partial charge in [-0.1, -0.05) is 24.3 Å². The first-order valence-corrected chi connectivity index (χ1v) is 10.9. The zero-order chi connectivity index (χ0) is 22.4.